The van der Waals surface area contributed by atoms with Crippen molar-refractivity contribution in [3.8, 4) is 0 Å². The zero-order valence-corrected chi connectivity index (χ0v) is 4.55. The molecule has 0 aliphatic rings. The fourth-order valence-electron chi connectivity index (χ4n) is 0.348. The highest BCUT2D eigenvalue weighted by molar-refractivity contribution is 4.85. The second kappa shape index (κ2) is 2.20. The van der Waals surface area contributed by atoms with E-state index in [1.165, 1.54) is 0 Å². The van der Waals surface area contributed by atoms with Crippen LogP contribution in [0.15, 0.2) is 6.20 Å². The molecule has 0 aromatic carbocycles. The molecule has 0 spiro atoms. The van der Waals surface area contributed by atoms with Gasteiger partial charge in [0.05, 0.1) is 6.20 Å². The molecular weight excluding hydrogens is 147 g/mol. The van der Waals surface area contributed by atoms with Gasteiger partial charge in [0.25, 0.3) is 5.82 Å². The molecule has 6 heteroatoms. The second-order valence-corrected chi connectivity index (χ2v) is 1.41. The van der Waals surface area contributed by atoms with Crippen LogP contribution in [0.4, 0.5) is 13.2 Å². The zero-order chi connectivity index (χ0) is 7.61. The summed E-state index contributed by atoms with van der Waals surface area (Å²) >= 11 is 0. The van der Waals surface area contributed by atoms with Crippen molar-refractivity contribution in [1.29, 1.82) is 0 Å². The monoisotopic (exact) mass is 148 g/mol. The SMILES string of the molecule is FC(F)(F)c1nc[c]nn1. The Balaban J connectivity index is 2.97. The lowest BCUT2D eigenvalue weighted by Crippen LogP contribution is -2.11. The molecule has 3 nitrogen and oxygen atoms in total. The summed E-state index contributed by atoms with van der Waals surface area (Å²) in [5.74, 6) is -1.24. The summed E-state index contributed by atoms with van der Waals surface area (Å²) in [4.78, 5) is 2.90. The molecule has 10 heavy (non-hydrogen) atoms. The summed E-state index contributed by atoms with van der Waals surface area (Å²) < 4.78 is 34.8. The van der Waals surface area contributed by atoms with Crippen LogP contribution in [-0.4, -0.2) is 15.2 Å². The van der Waals surface area contributed by atoms with Gasteiger partial charge in [0.1, 0.15) is 6.20 Å². The van der Waals surface area contributed by atoms with Crippen molar-refractivity contribution in [3.05, 3.63) is 18.2 Å². The lowest BCUT2D eigenvalue weighted by molar-refractivity contribution is -0.145. The topological polar surface area (TPSA) is 38.7 Å². The van der Waals surface area contributed by atoms with Crippen molar-refractivity contribution < 1.29 is 13.2 Å². The summed E-state index contributed by atoms with van der Waals surface area (Å²) in [6.07, 6.45) is -1.66. The molecule has 0 amide bonds. The first-order chi connectivity index (χ1) is 4.61. The number of hydrogen-bond donors (Lipinski definition) is 0. The van der Waals surface area contributed by atoms with Crippen LogP contribution in [-0.2, 0) is 6.18 Å². The van der Waals surface area contributed by atoms with Crippen LogP contribution in [0.2, 0.25) is 0 Å². The van der Waals surface area contributed by atoms with Gasteiger partial charge in [-0.25, -0.2) is 4.98 Å². The fourth-order valence-corrected chi connectivity index (χ4v) is 0.348. The van der Waals surface area contributed by atoms with Crippen LogP contribution < -0.4 is 0 Å². The zero-order valence-electron chi connectivity index (χ0n) is 4.55. The van der Waals surface area contributed by atoms with Crippen LogP contribution in [0, 0.1) is 6.20 Å². The normalized spacial score (nSPS) is 11.5. The van der Waals surface area contributed by atoms with E-state index in [1.807, 2.05) is 6.20 Å². The standard InChI is InChI=1S/C4HF3N3/c5-4(6,7)3-8-1-2-9-10-3/h1H. The van der Waals surface area contributed by atoms with Gasteiger partial charge in [-0.1, -0.05) is 0 Å². The first-order valence-corrected chi connectivity index (χ1v) is 2.23. The van der Waals surface area contributed by atoms with E-state index in [9.17, 15) is 13.2 Å². The molecule has 1 radical (unpaired) electrons. The largest absolute Gasteiger partial charge is 0.453 e. The molecule has 0 aliphatic carbocycles. The van der Waals surface area contributed by atoms with Gasteiger partial charge >= 0.3 is 6.18 Å². The van der Waals surface area contributed by atoms with Crippen LogP contribution >= 0.6 is 0 Å². The van der Waals surface area contributed by atoms with E-state index in [0.717, 1.165) is 6.20 Å². The maximum Gasteiger partial charge on any atom is 0.453 e. The highest BCUT2D eigenvalue weighted by Gasteiger charge is 2.34. The van der Waals surface area contributed by atoms with Gasteiger partial charge < -0.3 is 0 Å². The Morgan fingerprint density at radius 2 is 2.10 bits per heavy atom. The summed E-state index contributed by atoms with van der Waals surface area (Å²) in [5.41, 5.74) is 0. The third-order valence-electron chi connectivity index (χ3n) is 0.701. The summed E-state index contributed by atoms with van der Waals surface area (Å²) in [5, 5.41) is 5.60. The average Bonchev–Trinajstić information content (AvgIpc) is 1.88. The van der Waals surface area contributed by atoms with Crippen molar-refractivity contribution in [2.75, 3.05) is 0 Å². The molecule has 53 valence electrons. The van der Waals surface area contributed by atoms with Crippen molar-refractivity contribution in [2.45, 2.75) is 6.18 Å². The lowest BCUT2D eigenvalue weighted by Gasteiger charge is -1.99. The van der Waals surface area contributed by atoms with E-state index in [1.54, 1.807) is 0 Å². The van der Waals surface area contributed by atoms with Gasteiger partial charge in [-0.05, 0) is 0 Å². The van der Waals surface area contributed by atoms with Gasteiger partial charge in [0, 0.05) is 0 Å². The minimum atomic E-state index is -4.51. The highest BCUT2D eigenvalue weighted by atomic mass is 19.4. The van der Waals surface area contributed by atoms with Crippen molar-refractivity contribution in [1.82, 2.24) is 15.2 Å². The average molecular weight is 148 g/mol. The Morgan fingerprint density at radius 1 is 1.40 bits per heavy atom. The van der Waals surface area contributed by atoms with Crippen LogP contribution in [0.25, 0.3) is 0 Å². The summed E-state index contributed by atoms with van der Waals surface area (Å²) in [7, 11) is 0. The summed E-state index contributed by atoms with van der Waals surface area (Å²) in [6, 6.07) is 0. The number of nitrogens with zero attached hydrogens (tertiary/aromatic N) is 3. The fraction of sp³-hybridized carbons (Fsp3) is 0.250. The minimum absolute atomic E-state index is 0.815. The number of rotatable bonds is 0. The third-order valence-corrected chi connectivity index (χ3v) is 0.701. The smallest absolute Gasteiger partial charge is 0.229 e. The first kappa shape index (κ1) is 6.91. The molecule has 0 fully saturated rings. The second-order valence-electron chi connectivity index (χ2n) is 1.41. The predicted molar refractivity (Wildman–Crippen MR) is 23.7 cm³/mol. The Morgan fingerprint density at radius 3 is 2.40 bits per heavy atom. The molecule has 1 rings (SSSR count). The van der Waals surface area contributed by atoms with E-state index < -0.39 is 12.0 Å². The van der Waals surface area contributed by atoms with Gasteiger partial charge in [0.15, 0.2) is 0 Å². The lowest BCUT2D eigenvalue weighted by atomic mass is 10.6. The predicted octanol–water partition coefficient (Wildman–Crippen LogP) is 0.691. The van der Waals surface area contributed by atoms with E-state index >= 15 is 0 Å². The molecule has 1 aromatic rings. The minimum Gasteiger partial charge on any atom is -0.229 e. The van der Waals surface area contributed by atoms with Gasteiger partial charge in [-0.2, -0.15) is 13.2 Å². The quantitative estimate of drug-likeness (QED) is 0.543. The molecule has 0 aliphatic heterocycles. The van der Waals surface area contributed by atoms with E-state index in [0.29, 0.717) is 0 Å². The summed E-state index contributed by atoms with van der Waals surface area (Å²) in [6.45, 7) is 0. The Kier molecular flexibility index (Phi) is 1.52. The van der Waals surface area contributed by atoms with E-state index in [2.05, 4.69) is 15.2 Å². The number of alkyl halides is 3. The molecule has 1 aromatic heterocycles. The molecule has 0 unspecified atom stereocenters. The van der Waals surface area contributed by atoms with Crippen LogP contribution in [0.1, 0.15) is 5.82 Å². The van der Waals surface area contributed by atoms with Crippen molar-refractivity contribution >= 4 is 0 Å². The first-order valence-electron chi connectivity index (χ1n) is 2.23. The Labute approximate surface area is 53.9 Å². The maximum atomic E-state index is 11.6. The molecule has 0 bridgehead atoms. The van der Waals surface area contributed by atoms with E-state index in [4.69, 9.17) is 0 Å². The molecule has 0 N–H and O–H groups in total. The molecule has 1 heterocycles. The molecule has 0 saturated heterocycles. The third kappa shape index (κ3) is 1.40. The van der Waals surface area contributed by atoms with Crippen LogP contribution in [0.5, 0.6) is 0 Å². The Bertz CT molecular complexity index is 207. The molecule has 0 atom stereocenters. The molecule has 0 saturated carbocycles. The molecular formula is C4HF3N3. The van der Waals surface area contributed by atoms with Crippen molar-refractivity contribution in [3.63, 3.8) is 0 Å². The maximum absolute atomic E-state index is 11.6. The van der Waals surface area contributed by atoms with Crippen LogP contribution in [0.3, 0.4) is 0 Å². The number of hydrogen-bond acceptors (Lipinski definition) is 3. The van der Waals surface area contributed by atoms with E-state index in [-0.39, 0.29) is 0 Å². The Hall–Kier alpha value is -1.20. The van der Waals surface area contributed by atoms with Crippen molar-refractivity contribution in [2.24, 2.45) is 0 Å². The van der Waals surface area contributed by atoms with Gasteiger partial charge in [-0.3, -0.25) is 0 Å². The highest BCUT2D eigenvalue weighted by Crippen LogP contribution is 2.24. The van der Waals surface area contributed by atoms with Gasteiger partial charge in [-0.15, -0.1) is 10.2 Å². The number of halogens is 3. The number of aromatic nitrogens is 3. The van der Waals surface area contributed by atoms with Gasteiger partial charge in [0.2, 0.25) is 0 Å².